The van der Waals surface area contributed by atoms with Crippen molar-refractivity contribution in [1.29, 1.82) is 0 Å². The van der Waals surface area contributed by atoms with Crippen LogP contribution in [0.5, 0.6) is 0 Å². The average Bonchev–Trinajstić information content (AvgIpc) is 2.14. The maximum absolute atomic E-state index is 10.8. The minimum atomic E-state index is -4.73. The molecule has 0 saturated heterocycles. The van der Waals surface area contributed by atoms with E-state index < -0.39 is 16.4 Å². The van der Waals surface area contributed by atoms with Gasteiger partial charge in [-0.3, -0.25) is 4.55 Å². The van der Waals surface area contributed by atoms with Crippen LogP contribution in [0.3, 0.4) is 0 Å². The maximum Gasteiger partial charge on any atom is 0.449 e. The summed E-state index contributed by atoms with van der Waals surface area (Å²) in [6, 6.07) is 8.75. The van der Waals surface area contributed by atoms with Crippen molar-refractivity contribution in [2.24, 2.45) is 0 Å². The number of rotatable bonds is 3. The van der Waals surface area contributed by atoms with Gasteiger partial charge in [-0.1, -0.05) is 30.3 Å². The van der Waals surface area contributed by atoms with Gasteiger partial charge in [-0.25, -0.2) is 4.79 Å². The zero-order valence-electron chi connectivity index (χ0n) is 7.53. The second kappa shape index (κ2) is 4.72. The summed E-state index contributed by atoms with van der Waals surface area (Å²) in [6.45, 7) is 0. The predicted molar refractivity (Wildman–Crippen MR) is 53.1 cm³/mol. The fourth-order valence-electron chi connectivity index (χ4n) is 0.860. The Kier molecular flexibility index (Phi) is 3.59. The van der Waals surface area contributed by atoms with E-state index in [4.69, 9.17) is 4.55 Å². The van der Waals surface area contributed by atoms with Crippen molar-refractivity contribution in [3.05, 3.63) is 42.0 Å². The Balaban J connectivity index is 2.64. The summed E-state index contributed by atoms with van der Waals surface area (Å²) in [7, 11) is -4.73. The number of hydrogen-bond donors (Lipinski definition) is 1. The molecule has 5 nitrogen and oxygen atoms in total. The molecular weight excluding hydrogens is 220 g/mol. The normalized spacial score (nSPS) is 11.5. The number of carbonyl (C=O) groups excluding carboxylic acids is 1. The van der Waals surface area contributed by atoms with Gasteiger partial charge in [0.25, 0.3) is 0 Å². The molecule has 0 fully saturated rings. The first-order valence-electron chi connectivity index (χ1n) is 3.91. The molecule has 1 aromatic rings. The molecule has 0 amide bonds. The van der Waals surface area contributed by atoms with E-state index in [1.165, 1.54) is 6.08 Å². The monoisotopic (exact) mass is 228 g/mol. The predicted octanol–water partition coefficient (Wildman–Crippen LogP) is 1.05. The van der Waals surface area contributed by atoms with Crippen molar-refractivity contribution in [3.63, 3.8) is 0 Å². The lowest BCUT2D eigenvalue weighted by atomic mass is 10.2. The Bertz CT molecular complexity index is 461. The molecule has 0 aliphatic heterocycles. The lowest BCUT2D eigenvalue weighted by Crippen LogP contribution is -2.08. The van der Waals surface area contributed by atoms with E-state index in [-0.39, 0.29) is 0 Å². The molecule has 0 atom stereocenters. The van der Waals surface area contributed by atoms with Crippen LogP contribution in [0.2, 0.25) is 0 Å². The highest BCUT2D eigenvalue weighted by atomic mass is 32.3. The van der Waals surface area contributed by atoms with Gasteiger partial charge < -0.3 is 4.18 Å². The van der Waals surface area contributed by atoms with Crippen LogP contribution in [0.15, 0.2) is 36.4 Å². The fourth-order valence-corrected chi connectivity index (χ4v) is 1.12. The molecule has 0 radical (unpaired) electrons. The topological polar surface area (TPSA) is 80.7 Å². The van der Waals surface area contributed by atoms with E-state index in [0.717, 1.165) is 6.08 Å². The van der Waals surface area contributed by atoms with Gasteiger partial charge >= 0.3 is 16.4 Å². The zero-order chi connectivity index (χ0) is 11.3. The van der Waals surface area contributed by atoms with Crippen LogP contribution in [0.25, 0.3) is 6.08 Å². The van der Waals surface area contributed by atoms with E-state index in [1.807, 2.05) is 0 Å². The molecule has 0 aliphatic carbocycles. The quantitative estimate of drug-likeness (QED) is 0.617. The summed E-state index contributed by atoms with van der Waals surface area (Å²) in [4.78, 5) is 10.8. The molecular formula is C9H8O5S. The van der Waals surface area contributed by atoms with E-state index >= 15 is 0 Å². The Hall–Kier alpha value is -1.66. The van der Waals surface area contributed by atoms with E-state index in [0.29, 0.717) is 5.56 Å². The minimum Gasteiger partial charge on any atom is -0.321 e. The van der Waals surface area contributed by atoms with Gasteiger partial charge in [-0.05, 0) is 11.6 Å². The van der Waals surface area contributed by atoms with Gasteiger partial charge in [0.05, 0.1) is 0 Å². The second-order valence-electron chi connectivity index (χ2n) is 2.57. The zero-order valence-corrected chi connectivity index (χ0v) is 8.35. The Morgan fingerprint density at radius 2 is 1.87 bits per heavy atom. The van der Waals surface area contributed by atoms with E-state index in [1.54, 1.807) is 30.3 Å². The lowest BCUT2D eigenvalue weighted by molar-refractivity contribution is -0.128. The molecule has 0 aromatic heterocycles. The van der Waals surface area contributed by atoms with Crippen LogP contribution in [0, 0.1) is 0 Å². The first-order valence-corrected chi connectivity index (χ1v) is 5.28. The summed E-state index contributed by atoms with van der Waals surface area (Å²) in [5.74, 6) is -1.15. The molecule has 0 aliphatic rings. The highest BCUT2D eigenvalue weighted by Gasteiger charge is 2.09. The van der Waals surface area contributed by atoms with Crippen LogP contribution in [-0.4, -0.2) is 18.9 Å². The number of hydrogen-bond acceptors (Lipinski definition) is 4. The van der Waals surface area contributed by atoms with E-state index in [2.05, 4.69) is 4.18 Å². The highest BCUT2D eigenvalue weighted by Crippen LogP contribution is 2.01. The molecule has 80 valence electrons. The molecule has 0 bridgehead atoms. The SMILES string of the molecule is O=C(/C=C/c1ccccc1)OS(=O)(=O)O. The smallest absolute Gasteiger partial charge is 0.321 e. The molecule has 0 spiro atoms. The van der Waals surface area contributed by atoms with Crippen molar-refractivity contribution < 1.29 is 21.9 Å². The first-order chi connectivity index (χ1) is 6.97. The van der Waals surface area contributed by atoms with Crippen molar-refractivity contribution in [2.45, 2.75) is 0 Å². The van der Waals surface area contributed by atoms with Crippen LogP contribution >= 0.6 is 0 Å². The molecule has 0 saturated carbocycles. The lowest BCUT2D eigenvalue weighted by Gasteiger charge is -1.94. The van der Waals surface area contributed by atoms with Crippen LogP contribution in [0.1, 0.15) is 5.56 Å². The van der Waals surface area contributed by atoms with Crippen molar-refractivity contribution >= 4 is 22.4 Å². The summed E-state index contributed by atoms with van der Waals surface area (Å²) in [6.07, 6.45) is 2.27. The molecule has 1 rings (SSSR count). The van der Waals surface area contributed by atoms with Gasteiger partial charge in [0.1, 0.15) is 0 Å². The highest BCUT2D eigenvalue weighted by molar-refractivity contribution is 7.81. The average molecular weight is 228 g/mol. The molecule has 1 N–H and O–H groups in total. The Labute approximate surface area is 86.9 Å². The van der Waals surface area contributed by atoms with Crippen molar-refractivity contribution in [1.82, 2.24) is 0 Å². The molecule has 6 heteroatoms. The Morgan fingerprint density at radius 3 is 2.40 bits per heavy atom. The standard InChI is InChI=1S/C9H8O5S/c10-9(14-15(11,12)13)7-6-8-4-2-1-3-5-8/h1-7H,(H,11,12,13)/b7-6+. The number of carbonyl (C=O) groups is 1. The van der Waals surface area contributed by atoms with Crippen molar-refractivity contribution in [3.8, 4) is 0 Å². The van der Waals surface area contributed by atoms with Gasteiger partial charge in [-0.15, -0.1) is 0 Å². The third-order valence-electron chi connectivity index (χ3n) is 1.40. The third-order valence-corrected chi connectivity index (χ3v) is 1.77. The van der Waals surface area contributed by atoms with E-state index in [9.17, 15) is 13.2 Å². The van der Waals surface area contributed by atoms with Crippen LogP contribution in [0.4, 0.5) is 0 Å². The van der Waals surface area contributed by atoms with Gasteiger partial charge in [0.2, 0.25) is 0 Å². The van der Waals surface area contributed by atoms with Crippen LogP contribution < -0.4 is 0 Å². The molecule has 1 aromatic carbocycles. The Morgan fingerprint density at radius 1 is 1.27 bits per heavy atom. The van der Waals surface area contributed by atoms with Gasteiger partial charge in [0, 0.05) is 6.08 Å². The minimum absolute atomic E-state index is 0.713. The second-order valence-corrected chi connectivity index (χ2v) is 3.60. The fraction of sp³-hybridized carbons (Fsp3) is 0. The molecule has 0 unspecified atom stereocenters. The molecule has 15 heavy (non-hydrogen) atoms. The maximum atomic E-state index is 10.8. The molecule has 0 heterocycles. The number of benzene rings is 1. The van der Waals surface area contributed by atoms with Gasteiger partial charge in [0.15, 0.2) is 0 Å². The van der Waals surface area contributed by atoms with Gasteiger partial charge in [-0.2, -0.15) is 8.42 Å². The summed E-state index contributed by atoms with van der Waals surface area (Å²) < 4.78 is 32.1. The first kappa shape index (κ1) is 11.4. The summed E-state index contributed by atoms with van der Waals surface area (Å²) in [5.41, 5.74) is 0.713. The van der Waals surface area contributed by atoms with Crippen LogP contribution in [-0.2, 0) is 19.4 Å². The third kappa shape index (κ3) is 4.94. The van der Waals surface area contributed by atoms with Crippen molar-refractivity contribution in [2.75, 3.05) is 0 Å². The summed E-state index contributed by atoms with van der Waals surface area (Å²) in [5, 5.41) is 0. The largest absolute Gasteiger partial charge is 0.449 e. The summed E-state index contributed by atoms with van der Waals surface area (Å²) >= 11 is 0.